The van der Waals surface area contributed by atoms with E-state index in [9.17, 15) is 0 Å². The maximum Gasteiger partial charge on any atom is 0.0479 e. The molecule has 1 fully saturated rings. The first kappa shape index (κ1) is 20.2. The Kier molecular flexibility index (Phi) is 6.10. The van der Waals surface area contributed by atoms with Crippen LogP contribution in [0.15, 0.2) is 48.8 Å². The molecule has 3 heteroatoms. The topological polar surface area (TPSA) is 17.8 Å². The Hall–Kier alpha value is -2.06. The van der Waals surface area contributed by atoms with Crippen LogP contribution in [0.5, 0.6) is 0 Å². The fraction of sp³-hybridized carbons (Fsp3) is 0.423. The Morgan fingerprint density at radius 1 is 0.966 bits per heavy atom. The summed E-state index contributed by atoms with van der Waals surface area (Å²) in [6.45, 7) is 7.58. The van der Waals surface area contributed by atoms with Gasteiger partial charge in [-0.2, -0.15) is 0 Å². The second-order valence-corrected chi connectivity index (χ2v) is 9.19. The highest BCUT2D eigenvalue weighted by Crippen LogP contribution is 2.37. The lowest BCUT2D eigenvalue weighted by molar-refractivity contribution is 0.324. The van der Waals surface area contributed by atoms with Crippen LogP contribution in [0.25, 0.3) is 0 Å². The molecule has 0 saturated heterocycles. The van der Waals surface area contributed by atoms with Crippen LogP contribution in [0.4, 0.5) is 0 Å². The Bertz CT molecular complexity index is 963. The lowest BCUT2D eigenvalue weighted by atomic mass is 9.76. The summed E-state index contributed by atoms with van der Waals surface area (Å²) in [5.41, 5.74) is 8.37. The van der Waals surface area contributed by atoms with Gasteiger partial charge in [-0.1, -0.05) is 23.7 Å². The van der Waals surface area contributed by atoms with E-state index < -0.39 is 0 Å². The monoisotopic (exact) mass is 406 g/mol. The predicted molar refractivity (Wildman–Crippen MR) is 122 cm³/mol. The van der Waals surface area contributed by atoms with E-state index in [0.29, 0.717) is 5.92 Å². The number of pyridine rings is 1. The lowest BCUT2D eigenvalue weighted by Crippen LogP contribution is -2.16. The highest BCUT2D eigenvalue weighted by molar-refractivity contribution is 6.30. The standard InChI is InChI=1S/C26H31ClN2/c1-18-14-19(2)29(20(18)3)17-24-12-13-28-16-25(24)15-21-4-6-22(7-5-21)23-8-10-26(27)11-9-23/h8-14,16,21-22H,4-7,15,17H2,1-3H3. The maximum absolute atomic E-state index is 6.05. The molecule has 0 amide bonds. The second-order valence-electron chi connectivity index (χ2n) is 8.76. The summed E-state index contributed by atoms with van der Waals surface area (Å²) in [6.07, 6.45) is 10.3. The van der Waals surface area contributed by atoms with Gasteiger partial charge in [0, 0.05) is 35.3 Å². The Morgan fingerprint density at radius 3 is 2.34 bits per heavy atom. The SMILES string of the molecule is Cc1cc(C)n(Cc2ccncc2CC2CCC(c3ccc(Cl)cc3)CC2)c1C. The van der Waals surface area contributed by atoms with Gasteiger partial charge in [0.15, 0.2) is 0 Å². The number of benzene rings is 1. The van der Waals surface area contributed by atoms with Crippen molar-refractivity contribution >= 4 is 11.6 Å². The average molecular weight is 407 g/mol. The van der Waals surface area contributed by atoms with Crippen molar-refractivity contribution in [3.8, 4) is 0 Å². The van der Waals surface area contributed by atoms with Crippen LogP contribution in [0, 0.1) is 26.7 Å². The maximum atomic E-state index is 6.05. The number of rotatable bonds is 5. The van der Waals surface area contributed by atoms with E-state index in [2.05, 4.69) is 60.8 Å². The van der Waals surface area contributed by atoms with Gasteiger partial charge in [-0.25, -0.2) is 0 Å². The Morgan fingerprint density at radius 2 is 1.69 bits per heavy atom. The second kappa shape index (κ2) is 8.75. The van der Waals surface area contributed by atoms with Gasteiger partial charge in [-0.3, -0.25) is 4.98 Å². The molecule has 0 bridgehead atoms. The van der Waals surface area contributed by atoms with Crippen molar-refractivity contribution in [1.29, 1.82) is 0 Å². The number of halogens is 1. The molecule has 0 unspecified atom stereocenters. The van der Waals surface area contributed by atoms with E-state index in [4.69, 9.17) is 11.6 Å². The lowest BCUT2D eigenvalue weighted by Gasteiger charge is -2.29. The van der Waals surface area contributed by atoms with Crippen LogP contribution in [0.2, 0.25) is 5.02 Å². The zero-order valence-corrected chi connectivity index (χ0v) is 18.5. The van der Waals surface area contributed by atoms with Gasteiger partial charge in [0.25, 0.3) is 0 Å². The molecule has 1 aliphatic carbocycles. The molecule has 0 N–H and O–H groups in total. The van der Waals surface area contributed by atoms with Crippen molar-refractivity contribution in [2.45, 2.75) is 65.3 Å². The summed E-state index contributed by atoms with van der Waals surface area (Å²) in [4.78, 5) is 4.45. The van der Waals surface area contributed by atoms with Crippen molar-refractivity contribution < 1.29 is 0 Å². The molecular formula is C26H31ClN2. The van der Waals surface area contributed by atoms with Gasteiger partial charge < -0.3 is 4.57 Å². The highest BCUT2D eigenvalue weighted by Gasteiger charge is 2.23. The first-order valence-electron chi connectivity index (χ1n) is 10.8. The van der Waals surface area contributed by atoms with Crippen molar-refractivity contribution in [2.75, 3.05) is 0 Å². The minimum Gasteiger partial charge on any atom is -0.345 e. The normalized spacial score (nSPS) is 19.4. The van der Waals surface area contributed by atoms with Crippen LogP contribution in [-0.2, 0) is 13.0 Å². The van der Waals surface area contributed by atoms with Crippen LogP contribution in [-0.4, -0.2) is 9.55 Å². The molecule has 0 spiro atoms. The molecule has 3 aromatic rings. The number of nitrogens with zero attached hydrogens (tertiary/aromatic N) is 2. The third kappa shape index (κ3) is 4.59. The smallest absolute Gasteiger partial charge is 0.0479 e. The Labute approximate surface area is 179 Å². The molecule has 152 valence electrons. The van der Waals surface area contributed by atoms with Gasteiger partial charge in [-0.05, 0) is 111 Å². The van der Waals surface area contributed by atoms with Gasteiger partial charge in [0.1, 0.15) is 0 Å². The molecule has 1 saturated carbocycles. The molecule has 1 aromatic carbocycles. The number of hydrogen-bond donors (Lipinski definition) is 0. The van der Waals surface area contributed by atoms with Crippen molar-refractivity contribution in [1.82, 2.24) is 9.55 Å². The van der Waals surface area contributed by atoms with Crippen LogP contribution in [0.3, 0.4) is 0 Å². The average Bonchev–Trinajstić information content (AvgIpc) is 2.97. The Balaban J connectivity index is 1.42. The molecule has 0 aliphatic heterocycles. The highest BCUT2D eigenvalue weighted by atomic mass is 35.5. The van der Waals surface area contributed by atoms with E-state index >= 15 is 0 Å². The van der Waals surface area contributed by atoms with Crippen LogP contribution in [0.1, 0.15) is 65.2 Å². The summed E-state index contributed by atoms with van der Waals surface area (Å²) in [5, 5.41) is 0.829. The zero-order chi connectivity index (χ0) is 20.4. The number of aromatic nitrogens is 2. The van der Waals surface area contributed by atoms with Gasteiger partial charge in [-0.15, -0.1) is 0 Å². The molecule has 0 radical (unpaired) electrons. The van der Waals surface area contributed by atoms with E-state index in [1.54, 1.807) is 0 Å². The van der Waals surface area contributed by atoms with Gasteiger partial charge in [0.05, 0.1) is 0 Å². The molecule has 1 aliphatic rings. The third-order valence-corrected chi connectivity index (χ3v) is 7.11. The van der Waals surface area contributed by atoms with E-state index in [1.807, 2.05) is 18.3 Å². The molecule has 2 aromatic heterocycles. The summed E-state index contributed by atoms with van der Waals surface area (Å²) in [7, 11) is 0. The van der Waals surface area contributed by atoms with Crippen molar-refractivity contribution in [3.05, 3.63) is 87.5 Å². The summed E-state index contributed by atoms with van der Waals surface area (Å²) in [6, 6.07) is 13.0. The van der Waals surface area contributed by atoms with E-state index in [-0.39, 0.29) is 0 Å². The zero-order valence-electron chi connectivity index (χ0n) is 17.8. The summed E-state index contributed by atoms with van der Waals surface area (Å²) >= 11 is 6.05. The van der Waals surface area contributed by atoms with E-state index in [1.165, 1.54) is 59.3 Å². The van der Waals surface area contributed by atoms with Gasteiger partial charge >= 0.3 is 0 Å². The quantitative estimate of drug-likeness (QED) is 0.444. The largest absolute Gasteiger partial charge is 0.345 e. The van der Waals surface area contributed by atoms with Gasteiger partial charge in [0.2, 0.25) is 0 Å². The van der Waals surface area contributed by atoms with Crippen LogP contribution >= 0.6 is 11.6 Å². The minimum atomic E-state index is 0.685. The molecule has 4 rings (SSSR count). The summed E-state index contributed by atoms with van der Waals surface area (Å²) in [5.74, 6) is 1.44. The molecule has 29 heavy (non-hydrogen) atoms. The number of aryl methyl sites for hydroxylation is 2. The van der Waals surface area contributed by atoms with Crippen LogP contribution < -0.4 is 0 Å². The minimum absolute atomic E-state index is 0.685. The predicted octanol–water partition coefficient (Wildman–Crippen LogP) is 7.03. The third-order valence-electron chi connectivity index (χ3n) is 6.86. The number of hydrogen-bond acceptors (Lipinski definition) is 1. The fourth-order valence-corrected chi connectivity index (χ4v) is 5.05. The van der Waals surface area contributed by atoms with Crippen molar-refractivity contribution in [2.24, 2.45) is 5.92 Å². The fourth-order valence-electron chi connectivity index (χ4n) is 4.93. The molecule has 2 nitrogen and oxygen atoms in total. The summed E-state index contributed by atoms with van der Waals surface area (Å²) < 4.78 is 2.44. The van der Waals surface area contributed by atoms with E-state index in [0.717, 1.165) is 23.9 Å². The molecular weight excluding hydrogens is 376 g/mol. The first-order chi connectivity index (χ1) is 14.0. The van der Waals surface area contributed by atoms with Crippen molar-refractivity contribution in [3.63, 3.8) is 0 Å². The molecule has 0 atom stereocenters. The molecule has 2 heterocycles. The first-order valence-corrected chi connectivity index (χ1v) is 11.2.